The summed E-state index contributed by atoms with van der Waals surface area (Å²) in [6.07, 6.45) is 12.0. The third-order valence-corrected chi connectivity index (χ3v) is 1.01. The zero-order valence-corrected chi connectivity index (χ0v) is 10.6. The highest BCUT2D eigenvalue weighted by Crippen LogP contribution is 1.77. The van der Waals surface area contributed by atoms with Crippen LogP contribution in [0.25, 0.3) is 0 Å². The lowest BCUT2D eigenvalue weighted by Gasteiger charge is -1.76. The van der Waals surface area contributed by atoms with Gasteiger partial charge >= 0.3 is 0 Å². The summed E-state index contributed by atoms with van der Waals surface area (Å²) in [5.74, 6) is 0. The molecule has 0 aliphatic heterocycles. The first-order valence-corrected chi connectivity index (χ1v) is 5.23. The van der Waals surface area contributed by atoms with E-state index in [1.165, 1.54) is 0 Å². The van der Waals surface area contributed by atoms with E-state index in [1.807, 2.05) is 71.1 Å². The van der Waals surface area contributed by atoms with E-state index in [4.69, 9.17) is 0 Å². The Bertz CT molecular complexity index is 116. The molecule has 0 atom stereocenters. The number of allylic oxidation sites excluding steroid dienone is 6. The zero-order chi connectivity index (χ0) is 11.7. The Labute approximate surface area is 90.2 Å². The molecule has 0 saturated carbocycles. The van der Waals surface area contributed by atoms with Gasteiger partial charge in [0.05, 0.1) is 0 Å². The van der Waals surface area contributed by atoms with Crippen LogP contribution in [0, 0.1) is 0 Å². The summed E-state index contributed by atoms with van der Waals surface area (Å²) < 4.78 is 4.54. The average Bonchev–Trinajstić information content (AvgIpc) is 2.28. The van der Waals surface area contributed by atoms with Crippen LogP contribution in [0.4, 0.5) is 0 Å². The molecule has 0 aliphatic rings. The van der Waals surface area contributed by atoms with E-state index in [0.29, 0.717) is 0 Å². The fourth-order valence-electron chi connectivity index (χ4n) is 0.351. The highest BCUT2D eigenvalue weighted by Gasteiger charge is 1.55. The number of ether oxygens (including phenoxy) is 1. The number of hydrogen-bond acceptors (Lipinski definition) is 1. The summed E-state index contributed by atoms with van der Waals surface area (Å²) in [7, 11) is 1.68. The van der Waals surface area contributed by atoms with E-state index < -0.39 is 0 Å². The predicted octanol–water partition coefficient (Wildman–Crippen LogP) is 4.37. The Kier molecular flexibility index (Phi) is 39.8. The molecule has 0 unspecified atom stereocenters. The van der Waals surface area contributed by atoms with E-state index in [9.17, 15) is 0 Å². The lowest BCUT2D eigenvalue weighted by atomic mass is 10.4. The molecule has 0 fully saturated rings. The van der Waals surface area contributed by atoms with E-state index in [0.717, 1.165) is 6.61 Å². The Morgan fingerprint density at radius 1 is 0.857 bits per heavy atom. The van der Waals surface area contributed by atoms with Gasteiger partial charge < -0.3 is 4.74 Å². The van der Waals surface area contributed by atoms with Crippen molar-refractivity contribution in [1.29, 1.82) is 0 Å². The second-order valence-electron chi connectivity index (χ2n) is 2.01. The summed E-state index contributed by atoms with van der Waals surface area (Å²) in [6, 6.07) is 0. The SMILES string of the molecule is CC.CCOC.C\C=C/C=C\C=C/C. The molecule has 0 aromatic heterocycles. The monoisotopic (exact) mass is 198 g/mol. The second-order valence-corrected chi connectivity index (χ2v) is 2.01. The van der Waals surface area contributed by atoms with Gasteiger partial charge in [-0.2, -0.15) is 0 Å². The summed E-state index contributed by atoms with van der Waals surface area (Å²) >= 11 is 0. The number of methoxy groups -OCH3 is 1. The highest BCUT2D eigenvalue weighted by atomic mass is 16.5. The van der Waals surface area contributed by atoms with Crippen molar-refractivity contribution < 1.29 is 4.74 Å². The molecule has 0 N–H and O–H groups in total. The molecule has 1 nitrogen and oxygen atoms in total. The van der Waals surface area contributed by atoms with Gasteiger partial charge in [-0.3, -0.25) is 0 Å². The molecular formula is C13H26O. The molecule has 0 rings (SSSR count). The Morgan fingerprint density at radius 3 is 1.29 bits per heavy atom. The van der Waals surface area contributed by atoms with Crippen LogP contribution in [0.15, 0.2) is 36.5 Å². The van der Waals surface area contributed by atoms with Crippen molar-refractivity contribution in [3.8, 4) is 0 Å². The molecule has 0 saturated heterocycles. The smallest absolute Gasteiger partial charge is 0.0433 e. The molecule has 0 radical (unpaired) electrons. The Hall–Kier alpha value is -0.820. The molecule has 1 heteroatoms. The molecule has 14 heavy (non-hydrogen) atoms. The van der Waals surface area contributed by atoms with Crippen molar-refractivity contribution in [2.45, 2.75) is 34.6 Å². The van der Waals surface area contributed by atoms with E-state index >= 15 is 0 Å². The summed E-state index contributed by atoms with van der Waals surface area (Å²) in [6.45, 7) is 10.8. The standard InChI is InChI=1S/C8H12.C3H8O.C2H6/c1-3-5-7-8-6-4-2;1-3-4-2;1-2/h3-8H,1-2H3;3H2,1-2H3;1-2H3/b5-3-,6-4-,8-7-;;. The second kappa shape index (κ2) is 29.5. The minimum absolute atomic E-state index is 0.819. The van der Waals surface area contributed by atoms with Crippen molar-refractivity contribution in [1.82, 2.24) is 0 Å². The van der Waals surface area contributed by atoms with Gasteiger partial charge in [0.1, 0.15) is 0 Å². The van der Waals surface area contributed by atoms with Crippen molar-refractivity contribution in [2.75, 3.05) is 13.7 Å². The quantitative estimate of drug-likeness (QED) is 0.612. The summed E-state index contributed by atoms with van der Waals surface area (Å²) in [4.78, 5) is 0. The van der Waals surface area contributed by atoms with Crippen molar-refractivity contribution in [3.63, 3.8) is 0 Å². The topological polar surface area (TPSA) is 9.23 Å². The molecular weight excluding hydrogens is 172 g/mol. The molecule has 84 valence electrons. The maximum Gasteiger partial charge on any atom is 0.0433 e. The zero-order valence-electron chi connectivity index (χ0n) is 10.6. The van der Waals surface area contributed by atoms with Gasteiger partial charge in [-0.15, -0.1) is 0 Å². The van der Waals surface area contributed by atoms with Crippen LogP contribution in [0.2, 0.25) is 0 Å². The maximum absolute atomic E-state index is 4.54. The number of hydrogen-bond donors (Lipinski definition) is 0. The molecule has 0 aromatic carbocycles. The van der Waals surface area contributed by atoms with Gasteiger partial charge in [-0.25, -0.2) is 0 Å². The van der Waals surface area contributed by atoms with Crippen LogP contribution in [-0.4, -0.2) is 13.7 Å². The lowest BCUT2D eigenvalue weighted by molar-refractivity contribution is 0.215. The van der Waals surface area contributed by atoms with Crippen LogP contribution in [-0.2, 0) is 4.74 Å². The Balaban J connectivity index is -0.000000170. The van der Waals surface area contributed by atoms with E-state index in [1.54, 1.807) is 7.11 Å². The minimum Gasteiger partial charge on any atom is -0.385 e. The molecule has 0 bridgehead atoms. The van der Waals surface area contributed by atoms with Crippen LogP contribution < -0.4 is 0 Å². The van der Waals surface area contributed by atoms with Crippen LogP contribution in [0.1, 0.15) is 34.6 Å². The first kappa shape index (κ1) is 18.9. The van der Waals surface area contributed by atoms with E-state index in [2.05, 4.69) is 4.74 Å². The largest absolute Gasteiger partial charge is 0.385 e. The van der Waals surface area contributed by atoms with Crippen molar-refractivity contribution in [2.24, 2.45) is 0 Å². The summed E-state index contributed by atoms with van der Waals surface area (Å²) in [5, 5.41) is 0. The minimum atomic E-state index is 0.819. The van der Waals surface area contributed by atoms with Gasteiger partial charge in [-0.05, 0) is 20.8 Å². The average molecular weight is 198 g/mol. The predicted molar refractivity (Wildman–Crippen MR) is 67.7 cm³/mol. The normalized spacial score (nSPS) is 9.86. The molecule has 0 aromatic rings. The number of rotatable bonds is 3. The molecule has 0 heterocycles. The highest BCUT2D eigenvalue weighted by molar-refractivity contribution is 5.09. The van der Waals surface area contributed by atoms with Crippen LogP contribution in [0.5, 0.6) is 0 Å². The lowest BCUT2D eigenvalue weighted by Crippen LogP contribution is -1.73. The van der Waals surface area contributed by atoms with Crippen LogP contribution >= 0.6 is 0 Å². The van der Waals surface area contributed by atoms with Gasteiger partial charge in [0.25, 0.3) is 0 Å². The summed E-state index contributed by atoms with van der Waals surface area (Å²) in [5.41, 5.74) is 0. The van der Waals surface area contributed by atoms with Gasteiger partial charge in [0.15, 0.2) is 0 Å². The molecule has 0 amide bonds. The van der Waals surface area contributed by atoms with Crippen molar-refractivity contribution >= 4 is 0 Å². The fraction of sp³-hybridized carbons (Fsp3) is 0.538. The van der Waals surface area contributed by atoms with Gasteiger partial charge in [0.2, 0.25) is 0 Å². The first-order chi connectivity index (χ1) is 6.83. The van der Waals surface area contributed by atoms with Gasteiger partial charge in [0, 0.05) is 13.7 Å². The third kappa shape index (κ3) is 43.2. The van der Waals surface area contributed by atoms with Gasteiger partial charge in [-0.1, -0.05) is 50.3 Å². The molecule has 0 aliphatic carbocycles. The van der Waals surface area contributed by atoms with Crippen LogP contribution in [0.3, 0.4) is 0 Å². The van der Waals surface area contributed by atoms with E-state index in [-0.39, 0.29) is 0 Å². The fourth-order valence-corrected chi connectivity index (χ4v) is 0.351. The Morgan fingerprint density at radius 2 is 1.14 bits per heavy atom. The van der Waals surface area contributed by atoms with Crippen molar-refractivity contribution in [3.05, 3.63) is 36.5 Å². The third-order valence-electron chi connectivity index (χ3n) is 1.01. The first-order valence-electron chi connectivity index (χ1n) is 5.23. The maximum atomic E-state index is 4.54. The molecule has 0 spiro atoms.